The van der Waals surface area contributed by atoms with Gasteiger partial charge in [-0.05, 0) is 37.6 Å². The highest BCUT2D eigenvalue weighted by Crippen LogP contribution is 2.36. The number of benzene rings is 1. The van der Waals surface area contributed by atoms with E-state index < -0.39 is 0 Å². The number of carbonyl (C=O) groups excluding carboxylic acids is 2. The van der Waals surface area contributed by atoms with E-state index in [1.807, 2.05) is 24.3 Å². The molecule has 1 aromatic rings. The lowest BCUT2D eigenvalue weighted by Crippen LogP contribution is -2.47. The summed E-state index contributed by atoms with van der Waals surface area (Å²) in [6, 6.07) is 7.54. The molecule has 1 aromatic carbocycles. The third kappa shape index (κ3) is 4.10. The highest BCUT2D eigenvalue weighted by Gasteiger charge is 2.44. The molecule has 0 bridgehead atoms. The van der Waals surface area contributed by atoms with Gasteiger partial charge in [0, 0.05) is 32.2 Å². The Morgan fingerprint density at radius 2 is 1.43 bits per heavy atom. The number of hydrogen-bond acceptors (Lipinski definition) is 5. The summed E-state index contributed by atoms with van der Waals surface area (Å²) in [5, 5.41) is 0. The molecule has 1 saturated heterocycles. The van der Waals surface area contributed by atoms with Crippen molar-refractivity contribution in [1.29, 1.82) is 0 Å². The zero-order valence-corrected chi connectivity index (χ0v) is 18.2. The third-order valence-electron chi connectivity index (χ3n) is 6.73. The second-order valence-corrected chi connectivity index (χ2v) is 8.72. The van der Waals surface area contributed by atoms with E-state index in [9.17, 15) is 9.59 Å². The number of nitrogens with zero attached hydrogens (tertiary/aromatic N) is 3. The first kappa shape index (κ1) is 20.9. The predicted octanol–water partition coefficient (Wildman–Crippen LogP) is 3.14. The zero-order valence-electron chi connectivity index (χ0n) is 18.2. The van der Waals surface area contributed by atoms with Gasteiger partial charge in [-0.2, -0.15) is 0 Å². The maximum atomic E-state index is 13.7. The van der Waals surface area contributed by atoms with Crippen LogP contribution < -0.4 is 4.74 Å². The molecular formula is C24H33N3O3. The van der Waals surface area contributed by atoms with E-state index in [1.165, 1.54) is 19.3 Å². The summed E-state index contributed by atoms with van der Waals surface area (Å²) in [6.45, 7) is 3.32. The third-order valence-corrected chi connectivity index (χ3v) is 6.73. The minimum absolute atomic E-state index is 0.0171. The largest absolute Gasteiger partial charge is 0.497 e. The Kier molecular flexibility index (Phi) is 6.42. The van der Waals surface area contributed by atoms with Crippen molar-refractivity contribution in [2.75, 3.05) is 40.3 Å². The van der Waals surface area contributed by atoms with Crippen LogP contribution in [0.25, 0.3) is 5.57 Å². The van der Waals surface area contributed by atoms with Crippen LogP contribution in [0.1, 0.15) is 50.5 Å². The van der Waals surface area contributed by atoms with Gasteiger partial charge < -0.3 is 14.5 Å². The van der Waals surface area contributed by atoms with E-state index in [4.69, 9.17) is 4.74 Å². The highest BCUT2D eigenvalue weighted by atomic mass is 16.5. The summed E-state index contributed by atoms with van der Waals surface area (Å²) in [5.74, 6) is 0.528. The molecule has 0 N–H and O–H groups in total. The SMILES string of the molecule is COc1ccc(C2=C(N3CCN(C)CC3)C(=O)N(C3CCCCCCC3)C2=O)cc1. The van der Waals surface area contributed by atoms with E-state index >= 15 is 0 Å². The number of piperazine rings is 1. The van der Waals surface area contributed by atoms with Crippen molar-refractivity contribution < 1.29 is 14.3 Å². The van der Waals surface area contributed by atoms with Crippen LogP contribution in [0, 0.1) is 0 Å². The number of likely N-dealkylation sites (N-methyl/N-ethyl adjacent to an activating group) is 1. The molecule has 162 valence electrons. The number of carbonyl (C=O) groups is 2. The van der Waals surface area contributed by atoms with Crippen LogP contribution in [-0.4, -0.2) is 72.9 Å². The number of hydrogen-bond donors (Lipinski definition) is 0. The standard InChI is InChI=1S/C24H33N3O3/c1-25-14-16-26(17-15-25)22-21(18-10-12-20(30-2)13-11-18)23(28)27(24(22)29)19-8-6-4-3-5-7-9-19/h10-13,19H,3-9,14-17H2,1-2H3. The number of amides is 2. The quantitative estimate of drug-likeness (QED) is 0.713. The van der Waals surface area contributed by atoms with Gasteiger partial charge in [0.25, 0.3) is 11.8 Å². The minimum Gasteiger partial charge on any atom is -0.497 e. The monoisotopic (exact) mass is 411 g/mol. The Balaban J connectivity index is 1.70. The first-order chi connectivity index (χ1) is 14.6. The molecule has 0 unspecified atom stereocenters. The van der Waals surface area contributed by atoms with Crippen LogP contribution in [0.3, 0.4) is 0 Å². The normalized spacial score (nSPS) is 22.5. The minimum atomic E-state index is -0.121. The first-order valence-electron chi connectivity index (χ1n) is 11.3. The van der Waals surface area contributed by atoms with Crippen LogP contribution in [0.4, 0.5) is 0 Å². The van der Waals surface area contributed by atoms with Crippen LogP contribution in [-0.2, 0) is 9.59 Å². The molecule has 6 heteroatoms. The predicted molar refractivity (Wildman–Crippen MR) is 117 cm³/mol. The molecule has 0 spiro atoms. The number of rotatable bonds is 4. The van der Waals surface area contributed by atoms with Gasteiger partial charge in [0.05, 0.1) is 12.7 Å². The number of methoxy groups -OCH3 is 1. The Hall–Kier alpha value is -2.34. The van der Waals surface area contributed by atoms with Gasteiger partial charge in [-0.1, -0.05) is 44.2 Å². The van der Waals surface area contributed by atoms with Gasteiger partial charge in [0.1, 0.15) is 11.4 Å². The first-order valence-corrected chi connectivity index (χ1v) is 11.3. The molecule has 0 aromatic heterocycles. The molecule has 0 radical (unpaired) electrons. The fourth-order valence-electron chi connectivity index (χ4n) is 4.90. The second-order valence-electron chi connectivity index (χ2n) is 8.72. The molecule has 2 aliphatic heterocycles. The fourth-order valence-corrected chi connectivity index (χ4v) is 4.90. The fraction of sp³-hybridized carbons (Fsp3) is 0.583. The molecule has 30 heavy (non-hydrogen) atoms. The van der Waals surface area contributed by atoms with E-state index in [-0.39, 0.29) is 17.9 Å². The topological polar surface area (TPSA) is 53.1 Å². The molecule has 2 amide bonds. The number of ether oxygens (including phenoxy) is 1. The Morgan fingerprint density at radius 1 is 0.833 bits per heavy atom. The average Bonchev–Trinajstić information content (AvgIpc) is 2.99. The smallest absolute Gasteiger partial charge is 0.278 e. The van der Waals surface area contributed by atoms with Crippen molar-refractivity contribution in [2.24, 2.45) is 0 Å². The Bertz CT molecular complexity index is 801. The summed E-state index contributed by atoms with van der Waals surface area (Å²) in [5.41, 5.74) is 1.96. The molecule has 2 fully saturated rings. The zero-order chi connectivity index (χ0) is 21.1. The summed E-state index contributed by atoms with van der Waals surface area (Å²) in [7, 11) is 3.73. The van der Waals surface area contributed by atoms with Crippen molar-refractivity contribution in [3.8, 4) is 5.75 Å². The summed E-state index contributed by atoms with van der Waals surface area (Å²) in [4.78, 5) is 33.3. The van der Waals surface area contributed by atoms with Crippen LogP contribution in [0.2, 0.25) is 0 Å². The molecule has 6 nitrogen and oxygen atoms in total. The van der Waals surface area contributed by atoms with E-state index in [0.717, 1.165) is 63.2 Å². The highest BCUT2D eigenvalue weighted by molar-refractivity contribution is 6.35. The Labute approximate surface area is 179 Å². The van der Waals surface area contributed by atoms with Crippen molar-refractivity contribution in [3.05, 3.63) is 35.5 Å². The number of imide groups is 1. The lowest BCUT2D eigenvalue weighted by atomic mass is 9.95. The van der Waals surface area contributed by atoms with Crippen LogP contribution in [0.15, 0.2) is 30.0 Å². The van der Waals surface area contributed by atoms with Crippen molar-refractivity contribution in [3.63, 3.8) is 0 Å². The molecule has 2 heterocycles. The van der Waals surface area contributed by atoms with Gasteiger partial charge in [0.2, 0.25) is 0 Å². The molecule has 1 aliphatic carbocycles. The lowest BCUT2D eigenvalue weighted by molar-refractivity contribution is -0.140. The van der Waals surface area contributed by atoms with Gasteiger partial charge in [0.15, 0.2) is 0 Å². The summed E-state index contributed by atoms with van der Waals surface area (Å²) in [6.07, 6.45) is 7.66. The van der Waals surface area contributed by atoms with Crippen LogP contribution >= 0.6 is 0 Å². The molecule has 0 atom stereocenters. The van der Waals surface area contributed by atoms with Gasteiger partial charge in [-0.25, -0.2) is 0 Å². The van der Waals surface area contributed by atoms with Gasteiger partial charge >= 0.3 is 0 Å². The van der Waals surface area contributed by atoms with Crippen LogP contribution in [0.5, 0.6) is 5.75 Å². The average molecular weight is 412 g/mol. The molecule has 4 rings (SSSR count). The van der Waals surface area contributed by atoms with Crippen molar-refractivity contribution in [1.82, 2.24) is 14.7 Å². The molecule has 1 saturated carbocycles. The van der Waals surface area contributed by atoms with E-state index in [2.05, 4.69) is 16.8 Å². The Morgan fingerprint density at radius 3 is 2.03 bits per heavy atom. The maximum Gasteiger partial charge on any atom is 0.278 e. The van der Waals surface area contributed by atoms with Crippen molar-refractivity contribution >= 4 is 17.4 Å². The van der Waals surface area contributed by atoms with E-state index in [1.54, 1.807) is 12.0 Å². The van der Waals surface area contributed by atoms with Gasteiger partial charge in [-0.3, -0.25) is 14.5 Å². The maximum absolute atomic E-state index is 13.7. The molecule has 3 aliphatic rings. The summed E-state index contributed by atoms with van der Waals surface area (Å²) >= 11 is 0. The molecular weight excluding hydrogens is 378 g/mol. The van der Waals surface area contributed by atoms with Gasteiger partial charge in [-0.15, -0.1) is 0 Å². The van der Waals surface area contributed by atoms with Crippen molar-refractivity contribution in [2.45, 2.75) is 51.0 Å². The summed E-state index contributed by atoms with van der Waals surface area (Å²) < 4.78 is 5.28. The van der Waals surface area contributed by atoms with E-state index in [0.29, 0.717) is 11.3 Å². The lowest BCUT2D eigenvalue weighted by Gasteiger charge is -2.35. The second kappa shape index (κ2) is 9.21.